The van der Waals surface area contributed by atoms with Gasteiger partial charge in [0.1, 0.15) is 6.61 Å². The minimum absolute atomic E-state index is 0.241. The molecular weight excluding hydrogens is 228 g/mol. The predicted octanol–water partition coefficient (Wildman–Crippen LogP) is 2.91. The van der Waals surface area contributed by atoms with Crippen molar-refractivity contribution in [2.45, 2.75) is 46.1 Å². The molecule has 3 heteroatoms. The maximum Gasteiger partial charge on any atom is 0.331 e. The summed E-state index contributed by atoms with van der Waals surface area (Å²) in [4.78, 5) is 10.8. The smallest absolute Gasteiger partial charge is 0.331 e. The van der Waals surface area contributed by atoms with Gasteiger partial charge in [-0.25, -0.2) is 4.79 Å². The van der Waals surface area contributed by atoms with Crippen molar-refractivity contribution in [3.05, 3.63) is 34.9 Å². The number of ether oxygens (including phenoxy) is 1. The predicted molar refractivity (Wildman–Crippen MR) is 72.1 cm³/mol. The van der Waals surface area contributed by atoms with Crippen LogP contribution in [0.3, 0.4) is 0 Å². The Morgan fingerprint density at radius 2 is 2.17 bits per heavy atom. The first-order chi connectivity index (χ1) is 8.49. The van der Waals surface area contributed by atoms with Gasteiger partial charge in [0.15, 0.2) is 0 Å². The number of aliphatic hydroxyl groups excluding tert-OH is 1. The van der Waals surface area contributed by atoms with Crippen LogP contribution in [-0.2, 0) is 9.53 Å². The quantitative estimate of drug-likeness (QED) is 0.582. The largest absolute Gasteiger partial charge is 0.458 e. The summed E-state index contributed by atoms with van der Waals surface area (Å²) >= 11 is 0. The molecule has 0 fully saturated rings. The van der Waals surface area contributed by atoms with Crippen molar-refractivity contribution in [2.75, 3.05) is 6.61 Å². The second kappa shape index (κ2) is 7.17. The van der Waals surface area contributed by atoms with Crippen molar-refractivity contribution in [3.63, 3.8) is 0 Å². The van der Waals surface area contributed by atoms with Crippen molar-refractivity contribution >= 4 is 5.97 Å². The Morgan fingerprint density at radius 3 is 2.72 bits per heavy atom. The van der Waals surface area contributed by atoms with E-state index in [2.05, 4.69) is 0 Å². The molecule has 1 atom stereocenters. The molecule has 18 heavy (non-hydrogen) atoms. The summed E-state index contributed by atoms with van der Waals surface area (Å²) < 4.78 is 4.83. The molecule has 1 heterocycles. The lowest BCUT2D eigenvalue weighted by Gasteiger charge is -2.09. The zero-order chi connectivity index (χ0) is 13.5. The lowest BCUT2D eigenvalue weighted by Crippen LogP contribution is -2.06. The van der Waals surface area contributed by atoms with Gasteiger partial charge in [0.05, 0.1) is 6.10 Å². The third kappa shape index (κ3) is 5.32. The van der Waals surface area contributed by atoms with Crippen LogP contribution >= 0.6 is 0 Å². The second-order valence-electron chi connectivity index (χ2n) is 4.93. The van der Waals surface area contributed by atoms with Crippen molar-refractivity contribution in [1.29, 1.82) is 0 Å². The van der Waals surface area contributed by atoms with Crippen LogP contribution in [0.2, 0.25) is 0 Å². The lowest BCUT2D eigenvalue weighted by atomic mass is 10.0. The van der Waals surface area contributed by atoms with Gasteiger partial charge in [-0.3, -0.25) is 0 Å². The van der Waals surface area contributed by atoms with Crippen LogP contribution in [0.15, 0.2) is 34.9 Å². The van der Waals surface area contributed by atoms with Crippen LogP contribution in [0.4, 0.5) is 0 Å². The van der Waals surface area contributed by atoms with Gasteiger partial charge in [0.25, 0.3) is 0 Å². The van der Waals surface area contributed by atoms with Gasteiger partial charge in [-0.1, -0.05) is 17.7 Å². The van der Waals surface area contributed by atoms with E-state index < -0.39 is 6.10 Å². The van der Waals surface area contributed by atoms with Gasteiger partial charge < -0.3 is 9.84 Å². The van der Waals surface area contributed by atoms with E-state index in [4.69, 9.17) is 4.74 Å². The van der Waals surface area contributed by atoms with E-state index in [1.807, 2.05) is 32.9 Å². The molecule has 0 aromatic carbocycles. The fourth-order valence-electron chi connectivity index (χ4n) is 1.71. The average Bonchev–Trinajstić information content (AvgIpc) is 2.71. The Balaban J connectivity index is 2.35. The molecule has 0 aromatic heterocycles. The molecule has 0 spiro atoms. The third-order valence-electron chi connectivity index (χ3n) is 2.93. The van der Waals surface area contributed by atoms with Gasteiger partial charge in [-0.2, -0.15) is 0 Å². The molecular formula is C15H22O3. The minimum atomic E-state index is -0.407. The fourth-order valence-corrected chi connectivity index (χ4v) is 1.71. The summed E-state index contributed by atoms with van der Waals surface area (Å²) in [5.74, 6) is -0.241. The van der Waals surface area contributed by atoms with E-state index in [1.54, 1.807) is 6.08 Å². The van der Waals surface area contributed by atoms with Crippen molar-refractivity contribution in [2.24, 2.45) is 0 Å². The SMILES string of the molecule is CC(C)=CCC(O)C(C)=CCCC1=CC(=O)OC1. The molecule has 0 saturated carbocycles. The van der Waals surface area contributed by atoms with E-state index >= 15 is 0 Å². The van der Waals surface area contributed by atoms with Crippen LogP contribution < -0.4 is 0 Å². The molecule has 0 aliphatic carbocycles. The molecule has 1 aliphatic heterocycles. The Hall–Kier alpha value is -1.35. The zero-order valence-corrected chi connectivity index (χ0v) is 11.4. The van der Waals surface area contributed by atoms with E-state index in [0.29, 0.717) is 13.0 Å². The maximum atomic E-state index is 10.8. The lowest BCUT2D eigenvalue weighted by molar-refractivity contribution is -0.134. The highest BCUT2D eigenvalue weighted by molar-refractivity contribution is 5.85. The summed E-state index contributed by atoms with van der Waals surface area (Å²) in [7, 11) is 0. The van der Waals surface area contributed by atoms with E-state index in [0.717, 1.165) is 24.0 Å². The summed E-state index contributed by atoms with van der Waals surface area (Å²) in [5.41, 5.74) is 3.23. The number of carbonyl (C=O) groups excluding carboxylic acids is 1. The molecule has 1 rings (SSSR count). The van der Waals surface area contributed by atoms with Gasteiger partial charge in [-0.15, -0.1) is 0 Å². The Bertz CT molecular complexity index is 385. The Kier molecular flexibility index (Phi) is 5.86. The normalized spacial score (nSPS) is 17.2. The molecule has 0 radical (unpaired) electrons. The van der Waals surface area contributed by atoms with Crippen molar-refractivity contribution in [1.82, 2.24) is 0 Å². The monoisotopic (exact) mass is 250 g/mol. The standard InChI is InChI=1S/C15H22O3/c1-11(2)7-8-14(16)12(3)5-4-6-13-9-15(17)18-10-13/h5,7,9,14,16H,4,6,8,10H2,1-3H3. The van der Waals surface area contributed by atoms with E-state index in [-0.39, 0.29) is 5.97 Å². The minimum Gasteiger partial charge on any atom is -0.458 e. The zero-order valence-electron chi connectivity index (χ0n) is 11.4. The fraction of sp³-hybridized carbons (Fsp3) is 0.533. The number of esters is 1. The Labute approximate surface area is 109 Å². The van der Waals surface area contributed by atoms with Gasteiger partial charge in [-0.05, 0) is 51.2 Å². The summed E-state index contributed by atoms with van der Waals surface area (Å²) in [6.07, 6.45) is 7.53. The van der Waals surface area contributed by atoms with Crippen LogP contribution in [0.5, 0.6) is 0 Å². The van der Waals surface area contributed by atoms with Gasteiger partial charge in [0, 0.05) is 6.08 Å². The maximum absolute atomic E-state index is 10.8. The van der Waals surface area contributed by atoms with Gasteiger partial charge >= 0.3 is 5.97 Å². The second-order valence-corrected chi connectivity index (χ2v) is 4.93. The average molecular weight is 250 g/mol. The van der Waals surface area contributed by atoms with E-state index in [9.17, 15) is 9.90 Å². The van der Waals surface area contributed by atoms with Crippen LogP contribution in [-0.4, -0.2) is 23.8 Å². The summed E-state index contributed by atoms with van der Waals surface area (Å²) in [5, 5.41) is 9.89. The highest BCUT2D eigenvalue weighted by Gasteiger charge is 2.11. The molecule has 100 valence electrons. The first-order valence-corrected chi connectivity index (χ1v) is 6.33. The molecule has 1 aliphatic rings. The number of aliphatic hydroxyl groups is 1. The first kappa shape index (κ1) is 14.7. The molecule has 0 bridgehead atoms. The number of hydrogen-bond acceptors (Lipinski definition) is 3. The number of cyclic esters (lactones) is 1. The number of rotatable bonds is 6. The molecule has 0 amide bonds. The Morgan fingerprint density at radius 1 is 1.44 bits per heavy atom. The summed E-state index contributed by atoms with van der Waals surface area (Å²) in [6, 6.07) is 0. The molecule has 1 unspecified atom stereocenters. The molecule has 0 saturated heterocycles. The highest BCUT2D eigenvalue weighted by atomic mass is 16.5. The molecule has 3 nitrogen and oxygen atoms in total. The van der Waals surface area contributed by atoms with Crippen molar-refractivity contribution < 1.29 is 14.6 Å². The number of hydrogen-bond donors (Lipinski definition) is 1. The number of allylic oxidation sites excluding steroid dienone is 2. The molecule has 1 N–H and O–H groups in total. The molecule has 0 aromatic rings. The third-order valence-corrected chi connectivity index (χ3v) is 2.93. The van der Waals surface area contributed by atoms with Crippen LogP contribution in [0.25, 0.3) is 0 Å². The van der Waals surface area contributed by atoms with Crippen LogP contribution in [0.1, 0.15) is 40.0 Å². The van der Waals surface area contributed by atoms with E-state index in [1.165, 1.54) is 5.57 Å². The van der Waals surface area contributed by atoms with Crippen LogP contribution in [0, 0.1) is 0 Å². The summed E-state index contributed by atoms with van der Waals surface area (Å²) in [6.45, 7) is 6.41. The van der Waals surface area contributed by atoms with Gasteiger partial charge in [0.2, 0.25) is 0 Å². The van der Waals surface area contributed by atoms with Crippen molar-refractivity contribution in [3.8, 4) is 0 Å². The topological polar surface area (TPSA) is 46.5 Å². The number of carbonyl (C=O) groups is 1. The highest BCUT2D eigenvalue weighted by Crippen LogP contribution is 2.15. The first-order valence-electron chi connectivity index (χ1n) is 6.33.